The predicted octanol–water partition coefficient (Wildman–Crippen LogP) is 2.05. The SMILES string of the molecule is COC(=O)[C@@H](N)c1cc(Br)ccc1OC.Cl. The summed E-state index contributed by atoms with van der Waals surface area (Å²) in [5, 5.41) is 0. The van der Waals surface area contributed by atoms with Crippen LogP contribution in [0.3, 0.4) is 0 Å². The molecule has 0 aliphatic rings. The molecule has 0 aromatic heterocycles. The fourth-order valence-electron chi connectivity index (χ4n) is 1.20. The highest BCUT2D eigenvalue weighted by Crippen LogP contribution is 2.27. The van der Waals surface area contributed by atoms with Crippen LogP contribution in [0.1, 0.15) is 11.6 Å². The van der Waals surface area contributed by atoms with Gasteiger partial charge in [-0.3, -0.25) is 4.79 Å². The molecule has 4 nitrogen and oxygen atoms in total. The molecule has 90 valence electrons. The van der Waals surface area contributed by atoms with Gasteiger partial charge in [-0.25, -0.2) is 0 Å². The van der Waals surface area contributed by atoms with Crippen LogP contribution in [0.25, 0.3) is 0 Å². The maximum Gasteiger partial charge on any atom is 0.327 e. The van der Waals surface area contributed by atoms with E-state index in [9.17, 15) is 4.79 Å². The third-order valence-electron chi connectivity index (χ3n) is 1.98. The van der Waals surface area contributed by atoms with E-state index in [4.69, 9.17) is 10.5 Å². The first-order chi connectivity index (χ1) is 7.10. The van der Waals surface area contributed by atoms with Gasteiger partial charge in [0.25, 0.3) is 0 Å². The molecule has 0 amide bonds. The highest BCUT2D eigenvalue weighted by molar-refractivity contribution is 9.10. The zero-order valence-corrected chi connectivity index (χ0v) is 11.3. The van der Waals surface area contributed by atoms with Gasteiger partial charge in [-0.2, -0.15) is 0 Å². The first kappa shape index (κ1) is 15.2. The number of hydrogen-bond donors (Lipinski definition) is 1. The van der Waals surface area contributed by atoms with Crippen molar-refractivity contribution >= 4 is 34.3 Å². The van der Waals surface area contributed by atoms with Gasteiger partial charge in [-0.15, -0.1) is 12.4 Å². The van der Waals surface area contributed by atoms with Crippen molar-refractivity contribution in [2.75, 3.05) is 14.2 Å². The molecule has 0 saturated carbocycles. The van der Waals surface area contributed by atoms with E-state index in [2.05, 4.69) is 20.7 Å². The highest BCUT2D eigenvalue weighted by atomic mass is 79.9. The van der Waals surface area contributed by atoms with E-state index in [1.54, 1.807) is 12.1 Å². The number of rotatable bonds is 3. The Morgan fingerprint density at radius 2 is 2.06 bits per heavy atom. The summed E-state index contributed by atoms with van der Waals surface area (Å²) in [6, 6.07) is 4.46. The highest BCUT2D eigenvalue weighted by Gasteiger charge is 2.20. The number of hydrogen-bond acceptors (Lipinski definition) is 4. The minimum atomic E-state index is -0.831. The third kappa shape index (κ3) is 3.37. The average molecular weight is 311 g/mol. The van der Waals surface area contributed by atoms with E-state index >= 15 is 0 Å². The lowest BCUT2D eigenvalue weighted by Crippen LogP contribution is -2.23. The summed E-state index contributed by atoms with van der Waals surface area (Å²) < 4.78 is 10.5. The molecule has 0 bridgehead atoms. The average Bonchev–Trinajstić information content (AvgIpc) is 2.27. The van der Waals surface area contributed by atoms with Crippen LogP contribution in [0.15, 0.2) is 22.7 Å². The maximum atomic E-state index is 11.3. The van der Waals surface area contributed by atoms with E-state index in [0.29, 0.717) is 11.3 Å². The van der Waals surface area contributed by atoms with E-state index in [-0.39, 0.29) is 12.4 Å². The standard InChI is InChI=1S/C10H12BrNO3.ClH/c1-14-8-4-3-6(11)5-7(8)9(12)10(13)15-2;/h3-5,9H,12H2,1-2H3;1H/t9-;/m0./s1. The van der Waals surface area contributed by atoms with Crippen molar-refractivity contribution in [3.63, 3.8) is 0 Å². The van der Waals surface area contributed by atoms with E-state index < -0.39 is 12.0 Å². The van der Waals surface area contributed by atoms with Gasteiger partial charge in [0.1, 0.15) is 11.8 Å². The zero-order valence-electron chi connectivity index (χ0n) is 8.90. The topological polar surface area (TPSA) is 61.5 Å². The van der Waals surface area contributed by atoms with Gasteiger partial charge in [0.05, 0.1) is 14.2 Å². The van der Waals surface area contributed by atoms with Crippen LogP contribution in [-0.2, 0) is 9.53 Å². The molecular weight excluding hydrogens is 297 g/mol. The molecule has 0 unspecified atom stereocenters. The second kappa shape index (κ2) is 6.73. The number of ether oxygens (including phenoxy) is 2. The zero-order chi connectivity index (χ0) is 11.4. The molecule has 0 aliphatic heterocycles. The molecule has 16 heavy (non-hydrogen) atoms. The first-order valence-corrected chi connectivity index (χ1v) is 5.06. The fraction of sp³-hybridized carbons (Fsp3) is 0.300. The predicted molar refractivity (Wildman–Crippen MR) is 66.9 cm³/mol. The minimum absolute atomic E-state index is 0. The Kier molecular flexibility index (Phi) is 6.40. The first-order valence-electron chi connectivity index (χ1n) is 4.27. The monoisotopic (exact) mass is 309 g/mol. The summed E-state index contributed by atoms with van der Waals surface area (Å²) in [7, 11) is 2.82. The van der Waals surface area contributed by atoms with Crippen molar-refractivity contribution in [3.05, 3.63) is 28.2 Å². The molecule has 0 aliphatic carbocycles. The summed E-state index contributed by atoms with van der Waals surface area (Å²) in [4.78, 5) is 11.3. The Hall–Kier alpha value is -0.780. The summed E-state index contributed by atoms with van der Waals surface area (Å²) in [6.45, 7) is 0. The van der Waals surface area contributed by atoms with E-state index in [0.717, 1.165) is 4.47 Å². The van der Waals surface area contributed by atoms with Crippen molar-refractivity contribution < 1.29 is 14.3 Å². The van der Waals surface area contributed by atoms with Crippen molar-refractivity contribution in [2.24, 2.45) is 5.73 Å². The molecular formula is C10H13BrClNO3. The number of methoxy groups -OCH3 is 2. The van der Waals surface area contributed by atoms with E-state index in [1.807, 2.05) is 6.07 Å². The molecule has 0 radical (unpaired) electrons. The van der Waals surface area contributed by atoms with Crippen LogP contribution in [-0.4, -0.2) is 20.2 Å². The largest absolute Gasteiger partial charge is 0.496 e. The Bertz CT molecular complexity index is 373. The van der Waals surface area contributed by atoms with Gasteiger partial charge in [0, 0.05) is 10.0 Å². The Balaban J connectivity index is 0.00000225. The van der Waals surface area contributed by atoms with Crippen molar-refractivity contribution in [2.45, 2.75) is 6.04 Å². The fourth-order valence-corrected chi connectivity index (χ4v) is 1.58. The lowest BCUT2D eigenvalue weighted by Gasteiger charge is -2.13. The molecule has 2 N–H and O–H groups in total. The molecule has 0 saturated heterocycles. The van der Waals surface area contributed by atoms with Gasteiger partial charge < -0.3 is 15.2 Å². The molecule has 1 aromatic carbocycles. The molecule has 6 heteroatoms. The Morgan fingerprint density at radius 3 is 2.56 bits per heavy atom. The van der Waals surface area contributed by atoms with Crippen LogP contribution in [0.4, 0.5) is 0 Å². The van der Waals surface area contributed by atoms with Gasteiger partial charge in [0.2, 0.25) is 0 Å². The van der Waals surface area contributed by atoms with Crippen LogP contribution in [0.2, 0.25) is 0 Å². The smallest absolute Gasteiger partial charge is 0.327 e. The second-order valence-electron chi connectivity index (χ2n) is 2.89. The molecule has 0 spiro atoms. The summed E-state index contributed by atoms with van der Waals surface area (Å²) >= 11 is 3.30. The molecule has 1 rings (SSSR count). The summed E-state index contributed by atoms with van der Waals surface area (Å²) in [6.07, 6.45) is 0. The Morgan fingerprint density at radius 1 is 1.44 bits per heavy atom. The van der Waals surface area contributed by atoms with Gasteiger partial charge in [0.15, 0.2) is 0 Å². The van der Waals surface area contributed by atoms with E-state index in [1.165, 1.54) is 14.2 Å². The number of benzene rings is 1. The number of carbonyl (C=O) groups is 1. The lowest BCUT2D eigenvalue weighted by atomic mass is 10.1. The van der Waals surface area contributed by atoms with Gasteiger partial charge >= 0.3 is 5.97 Å². The molecule has 0 heterocycles. The van der Waals surface area contributed by atoms with Crippen molar-refractivity contribution in [1.82, 2.24) is 0 Å². The lowest BCUT2D eigenvalue weighted by molar-refractivity contribution is -0.142. The second-order valence-corrected chi connectivity index (χ2v) is 3.80. The quantitative estimate of drug-likeness (QED) is 0.868. The van der Waals surface area contributed by atoms with Crippen molar-refractivity contribution in [1.29, 1.82) is 0 Å². The number of halogens is 2. The number of esters is 1. The summed E-state index contributed by atoms with van der Waals surface area (Å²) in [5.74, 6) is 0.0718. The molecule has 1 aromatic rings. The Labute approximate surface area is 109 Å². The normalized spacial score (nSPS) is 11.2. The number of nitrogens with two attached hydrogens (primary N) is 1. The van der Waals surface area contributed by atoms with Crippen LogP contribution < -0.4 is 10.5 Å². The summed E-state index contributed by atoms with van der Waals surface area (Å²) in [5.41, 5.74) is 6.31. The maximum absolute atomic E-state index is 11.3. The van der Waals surface area contributed by atoms with Crippen LogP contribution >= 0.6 is 28.3 Å². The molecule has 1 atom stereocenters. The third-order valence-corrected chi connectivity index (χ3v) is 2.48. The minimum Gasteiger partial charge on any atom is -0.496 e. The van der Waals surface area contributed by atoms with Crippen LogP contribution in [0, 0.1) is 0 Å². The van der Waals surface area contributed by atoms with Gasteiger partial charge in [-0.05, 0) is 18.2 Å². The molecule has 0 fully saturated rings. The van der Waals surface area contributed by atoms with Crippen LogP contribution in [0.5, 0.6) is 5.75 Å². The van der Waals surface area contributed by atoms with Crippen molar-refractivity contribution in [3.8, 4) is 5.75 Å². The number of carbonyl (C=O) groups excluding carboxylic acids is 1. The van der Waals surface area contributed by atoms with Gasteiger partial charge in [-0.1, -0.05) is 15.9 Å².